The van der Waals surface area contributed by atoms with Gasteiger partial charge >= 0.3 is 11.7 Å². The van der Waals surface area contributed by atoms with E-state index in [1.54, 1.807) is 19.1 Å². The zero-order valence-corrected chi connectivity index (χ0v) is 11.1. The maximum absolute atomic E-state index is 10.9. The molecule has 0 atom stereocenters. The number of aryl methyl sites for hydroxylation is 1. The summed E-state index contributed by atoms with van der Waals surface area (Å²) in [4.78, 5) is 29.6. The van der Waals surface area contributed by atoms with Gasteiger partial charge in [-0.25, -0.2) is 14.8 Å². The van der Waals surface area contributed by atoms with Crippen molar-refractivity contribution in [1.82, 2.24) is 9.97 Å². The van der Waals surface area contributed by atoms with Crippen molar-refractivity contribution in [3.05, 3.63) is 52.0 Å². The van der Waals surface area contributed by atoms with Crippen LogP contribution in [0.2, 0.25) is 0 Å². The first kappa shape index (κ1) is 13.9. The summed E-state index contributed by atoms with van der Waals surface area (Å²) in [6.45, 7) is 1.73. The van der Waals surface area contributed by atoms with Crippen LogP contribution in [0.25, 0.3) is 0 Å². The Morgan fingerprint density at radius 3 is 2.80 bits per heavy atom. The topological polar surface area (TPSA) is 106 Å². The normalized spacial score (nSPS) is 10.2. The lowest BCUT2D eigenvalue weighted by molar-refractivity contribution is -0.388. The number of nitro groups is 1. The molecule has 2 rings (SSSR count). The van der Waals surface area contributed by atoms with E-state index < -0.39 is 10.9 Å². The van der Waals surface area contributed by atoms with Gasteiger partial charge in [0.15, 0.2) is 5.03 Å². The van der Waals surface area contributed by atoms with Crippen molar-refractivity contribution in [3.8, 4) is 0 Å². The molecule has 0 aliphatic rings. The lowest BCUT2D eigenvalue weighted by atomic mass is 10.3. The van der Waals surface area contributed by atoms with Gasteiger partial charge in [-0.3, -0.25) is 10.1 Å². The first-order valence-electron chi connectivity index (χ1n) is 5.46. The molecule has 7 nitrogen and oxygen atoms in total. The Labute approximate surface area is 117 Å². The Morgan fingerprint density at radius 1 is 1.40 bits per heavy atom. The highest BCUT2D eigenvalue weighted by atomic mass is 32.2. The number of aromatic carboxylic acids is 1. The van der Waals surface area contributed by atoms with Gasteiger partial charge in [-0.2, -0.15) is 0 Å². The van der Waals surface area contributed by atoms with Crippen LogP contribution in [-0.2, 0) is 0 Å². The highest BCUT2D eigenvalue weighted by Gasteiger charge is 2.17. The number of carboxylic acid groups (broad SMARTS) is 1. The van der Waals surface area contributed by atoms with Gasteiger partial charge in [0.1, 0.15) is 5.69 Å². The molecule has 2 aromatic rings. The Morgan fingerprint density at radius 2 is 2.15 bits per heavy atom. The third kappa shape index (κ3) is 3.09. The second-order valence-electron chi connectivity index (χ2n) is 3.82. The van der Waals surface area contributed by atoms with Crippen molar-refractivity contribution in [2.24, 2.45) is 0 Å². The standard InChI is InChI=1S/C12H9N3O4S/c1-7-2-3-10(15(18)19)11(14-7)20-8-4-5-13-9(6-8)12(16)17/h2-6H,1H3,(H,16,17). The van der Waals surface area contributed by atoms with Crippen molar-refractivity contribution < 1.29 is 14.8 Å². The minimum Gasteiger partial charge on any atom is -0.477 e. The number of carboxylic acids is 1. The number of aromatic nitrogens is 2. The van der Waals surface area contributed by atoms with E-state index in [1.807, 2.05) is 0 Å². The van der Waals surface area contributed by atoms with Gasteiger partial charge in [-0.1, -0.05) is 11.8 Å². The van der Waals surface area contributed by atoms with Gasteiger partial charge in [0.25, 0.3) is 0 Å². The molecule has 1 N–H and O–H groups in total. The minimum atomic E-state index is -1.15. The van der Waals surface area contributed by atoms with Gasteiger partial charge in [0.2, 0.25) is 0 Å². The van der Waals surface area contributed by atoms with Gasteiger partial charge in [-0.15, -0.1) is 0 Å². The SMILES string of the molecule is Cc1ccc([N+](=O)[O-])c(Sc2ccnc(C(=O)O)c2)n1. The average molecular weight is 291 g/mol. The molecule has 102 valence electrons. The zero-order valence-electron chi connectivity index (χ0n) is 10.3. The molecule has 0 spiro atoms. The van der Waals surface area contributed by atoms with Gasteiger partial charge in [-0.05, 0) is 25.1 Å². The fraction of sp³-hybridized carbons (Fsp3) is 0.0833. The third-order valence-corrected chi connectivity index (χ3v) is 3.32. The molecule has 0 aromatic carbocycles. The summed E-state index contributed by atoms with van der Waals surface area (Å²) in [6.07, 6.45) is 1.34. The number of carbonyl (C=O) groups is 1. The maximum atomic E-state index is 10.9. The van der Waals surface area contributed by atoms with Crippen molar-refractivity contribution >= 4 is 23.4 Å². The van der Waals surface area contributed by atoms with Gasteiger partial charge in [0.05, 0.1) is 4.92 Å². The van der Waals surface area contributed by atoms with E-state index in [-0.39, 0.29) is 16.4 Å². The Balaban J connectivity index is 2.39. The van der Waals surface area contributed by atoms with Crippen LogP contribution in [0.3, 0.4) is 0 Å². The summed E-state index contributed by atoms with van der Waals surface area (Å²) in [5.41, 5.74) is 0.408. The molecule has 0 amide bonds. The molecule has 2 aromatic heterocycles. The molecule has 2 heterocycles. The van der Waals surface area contributed by atoms with Crippen LogP contribution >= 0.6 is 11.8 Å². The average Bonchev–Trinajstić information content (AvgIpc) is 2.38. The first-order valence-corrected chi connectivity index (χ1v) is 6.28. The smallest absolute Gasteiger partial charge is 0.354 e. The molecule has 20 heavy (non-hydrogen) atoms. The van der Waals surface area contributed by atoms with Crippen LogP contribution in [-0.4, -0.2) is 26.0 Å². The highest BCUT2D eigenvalue weighted by molar-refractivity contribution is 7.99. The predicted molar refractivity (Wildman–Crippen MR) is 70.9 cm³/mol. The molecule has 0 saturated heterocycles. The number of nitrogens with zero attached hydrogens (tertiary/aromatic N) is 3. The lowest BCUT2D eigenvalue weighted by Gasteiger charge is -2.03. The van der Waals surface area contributed by atoms with Gasteiger partial charge in [0, 0.05) is 22.9 Å². The van der Waals surface area contributed by atoms with Crippen molar-refractivity contribution in [1.29, 1.82) is 0 Å². The number of hydrogen-bond donors (Lipinski definition) is 1. The van der Waals surface area contributed by atoms with Crippen LogP contribution < -0.4 is 0 Å². The Kier molecular flexibility index (Phi) is 3.94. The molecular formula is C12H9N3O4S. The van der Waals surface area contributed by atoms with E-state index in [1.165, 1.54) is 18.3 Å². The quantitative estimate of drug-likeness (QED) is 0.681. The summed E-state index contributed by atoms with van der Waals surface area (Å²) in [5, 5.41) is 20.0. The zero-order chi connectivity index (χ0) is 14.7. The number of hydrogen-bond acceptors (Lipinski definition) is 6. The van der Waals surface area contributed by atoms with E-state index in [0.29, 0.717) is 10.6 Å². The minimum absolute atomic E-state index is 0.116. The van der Waals surface area contributed by atoms with Crippen LogP contribution in [0.15, 0.2) is 40.4 Å². The first-order chi connectivity index (χ1) is 9.47. The molecular weight excluding hydrogens is 282 g/mol. The monoisotopic (exact) mass is 291 g/mol. The molecule has 0 aliphatic carbocycles. The maximum Gasteiger partial charge on any atom is 0.354 e. The molecule has 0 saturated carbocycles. The lowest BCUT2D eigenvalue weighted by Crippen LogP contribution is -1.99. The van der Waals surface area contributed by atoms with Crippen LogP contribution in [0, 0.1) is 17.0 Å². The van der Waals surface area contributed by atoms with E-state index in [2.05, 4.69) is 9.97 Å². The summed E-state index contributed by atoms with van der Waals surface area (Å²) in [6, 6.07) is 5.85. The summed E-state index contributed by atoms with van der Waals surface area (Å²) in [7, 11) is 0. The molecule has 0 fully saturated rings. The number of pyridine rings is 2. The molecule has 8 heteroatoms. The van der Waals surface area contributed by atoms with Crippen molar-refractivity contribution in [3.63, 3.8) is 0 Å². The molecule has 0 unspecified atom stereocenters. The van der Waals surface area contributed by atoms with Crippen LogP contribution in [0.1, 0.15) is 16.2 Å². The molecule has 0 aliphatic heterocycles. The Hall–Kier alpha value is -2.48. The summed E-state index contributed by atoms with van der Waals surface area (Å²) in [5.74, 6) is -1.15. The van der Waals surface area contributed by atoms with Crippen LogP contribution in [0.5, 0.6) is 0 Å². The fourth-order valence-corrected chi connectivity index (χ4v) is 2.40. The predicted octanol–water partition coefficient (Wildman–Crippen LogP) is 2.54. The number of rotatable bonds is 4. The fourth-order valence-electron chi connectivity index (χ4n) is 1.44. The summed E-state index contributed by atoms with van der Waals surface area (Å²) < 4.78 is 0. The van der Waals surface area contributed by atoms with E-state index in [4.69, 9.17) is 5.11 Å². The van der Waals surface area contributed by atoms with E-state index >= 15 is 0 Å². The molecule has 0 radical (unpaired) electrons. The second-order valence-corrected chi connectivity index (χ2v) is 4.88. The van der Waals surface area contributed by atoms with Crippen molar-refractivity contribution in [2.75, 3.05) is 0 Å². The molecule has 0 bridgehead atoms. The largest absolute Gasteiger partial charge is 0.477 e. The summed E-state index contributed by atoms with van der Waals surface area (Å²) >= 11 is 1.03. The van der Waals surface area contributed by atoms with E-state index in [0.717, 1.165) is 11.8 Å². The van der Waals surface area contributed by atoms with Crippen molar-refractivity contribution in [2.45, 2.75) is 16.8 Å². The highest BCUT2D eigenvalue weighted by Crippen LogP contribution is 2.33. The Bertz CT molecular complexity index is 690. The van der Waals surface area contributed by atoms with E-state index in [9.17, 15) is 14.9 Å². The van der Waals surface area contributed by atoms with Crippen LogP contribution in [0.4, 0.5) is 5.69 Å². The third-order valence-electron chi connectivity index (χ3n) is 2.34. The van der Waals surface area contributed by atoms with Gasteiger partial charge < -0.3 is 5.11 Å². The second kappa shape index (κ2) is 5.66.